The van der Waals surface area contributed by atoms with Gasteiger partial charge in [-0.1, -0.05) is 66.2 Å². The van der Waals surface area contributed by atoms with E-state index >= 15 is 0 Å². The molecule has 0 aliphatic carbocycles. The van der Waals surface area contributed by atoms with Gasteiger partial charge in [-0.3, -0.25) is 0 Å². The van der Waals surface area contributed by atoms with E-state index in [0.717, 1.165) is 44.0 Å². The fourth-order valence-corrected chi connectivity index (χ4v) is 6.91. The van der Waals surface area contributed by atoms with Gasteiger partial charge >= 0.3 is 0 Å². The molecule has 0 heterocycles. The highest BCUT2D eigenvalue weighted by molar-refractivity contribution is 7.92. The van der Waals surface area contributed by atoms with Crippen LogP contribution in [0.1, 0.15) is 5.56 Å². The Bertz CT molecular complexity index is 1960. The first-order valence-corrected chi connectivity index (χ1v) is 13.8. The van der Waals surface area contributed by atoms with Crippen molar-refractivity contribution in [2.45, 2.75) is 16.7 Å². The third kappa shape index (κ3) is 3.78. The largest absolute Gasteiger partial charge is 0.497 e. The van der Waals surface area contributed by atoms with Crippen molar-refractivity contribution < 1.29 is 17.9 Å². The first-order chi connectivity index (χ1) is 18.4. The van der Waals surface area contributed by atoms with Crippen molar-refractivity contribution in [3.63, 3.8) is 0 Å². The molecule has 0 aliphatic rings. The Kier molecular flexibility index (Phi) is 5.81. The van der Waals surface area contributed by atoms with Crippen LogP contribution in [-0.2, 0) is 9.84 Å². The summed E-state index contributed by atoms with van der Waals surface area (Å²) in [6, 6.07) is 32.5. The Hall–Kier alpha value is -4.35. The van der Waals surface area contributed by atoms with Crippen LogP contribution < -0.4 is 9.47 Å². The maximum absolute atomic E-state index is 14.4. The maximum atomic E-state index is 14.4. The molecule has 6 aromatic carbocycles. The SMILES string of the molecule is COc1cccc(-c2c3cc4ccccc4cc3c(S(=O)(=O)c3ccc(C)cc3)c3cccc(OC)c23)c1. The van der Waals surface area contributed by atoms with Crippen LogP contribution in [0.2, 0.25) is 0 Å². The van der Waals surface area contributed by atoms with Gasteiger partial charge in [-0.05, 0) is 71.1 Å². The molecule has 4 nitrogen and oxygen atoms in total. The fourth-order valence-electron chi connectivity index (χ4n) is 5.27. The standard InChI is InChI=1S/C33H26O4S/c1-21-14-16-26(17-15-21)38(34,35)33-27-12-7-13-30(37-3)32(27)31(24-10-6-11-25(18-24)36-2)28-19-22-8-4-5-9-23(22)20-29(28)33/h4-20H,1-3H3. The molecule has 6 aromatic rings. The third-order valence-electron chi connectivity index (χ3n) is 7.10. The summed E-state index contributed by atoms with van der Waals surface area (Å²) in [5.74, 6) is 1.33. The summed E-state index contributed by atoms with van der Waals surface area (Å²) in [4.78, 5) is 0.540. The van der Waals surface area contributed by atoms with Gasteiger partial charge in [0.05, 0.1) is 24.0 Å². The number of rotatable bonds is 5. The summed E-state index contributed by atoms with van der Waals surface area (Å²) in [6.45, 7) is 1.95. The van der Waals surface area contributed by atoms with Gasteiger partial charge in [-0.15, -0.1) is 0 Å². The van der Waals surface area contributed by atoms with Crippen molar-refractivity contribution in [1.82, 2.24) is 0 Å². The molecular weight excluding hydrogens is 492 g/mol. The quantitative estimate of drug-likeness (QED) is 0.217. The average Bonchev–Trinajstić information content (AvgIpc) is 2.94. The van der Waals surface area contributed by atoms with E-state index in [0.29, 0.717) is 16.5 Å². The van der Waals surface area contributed by atoms with Crippen LogP contribution in [0.15, 0.2) is 113 Å². The Morgan fingerprint density at radius 2 is 1.32 bits per heavy atom. The minimum absolute atomic E-state index is 0.260. The van der Waals surface area contributed by atoms with Crippen molar-refractivity contribution in [2.75, 3.05) is 14.2 Å². The molecule has 0 saturated heterocycles. The second-order valence-electron chi connectivity index (χ2n) is 9.38. The molecule has 38 heavy (non-hydrogen) atoms. The molecule has 0 N–H and O–H groups in total. The summed E-state index contributed by atoms with van der Waals surface area (Å²) in [5.41, 5.74) is 2.82. The number of ether oxygens (including phenoxy) is 2. The molecule has 6 rings (SSSR count). The number of sulfone groups is 1. The topological polar surface area (TPSA) is 52.6 Å². The molecule has 0 atom stereocenters. The first kappa shape index (κ1) is 24.0. The average molecular weight is 519 g/mol. The molecular formula is C33H26O4S. The van der Waals surface area contributed by atoms with Crippen LogP contribution in [0.25, 0.3) is 43.4 Å². The van der Waals surface area contributed by atoms with Gasteiger partial charge in [0.1, 0.15) is 11.5 Å². The van der Waals surface area contributed by atoms with Crippen molar-refractivity contribution in [3.05, 3.63) is 109 Å². The molecule has 0 fully saturated rings. The molecule has 0 aliphatic heterocycles. The van der Waals surface area contributed by atoms with Crippen molar-refractivity contribution in [2.24, 2.45) is 0 Å². The van der Waals surface area contributed by atoms with Gasteiger partial charge in [0, 0.05) is 21.7 Å². The number of hydrogen-bond donors (Lipinski definition) is 0. The highest BCUT2D eigenvalue weighted by atomic mass is 32.2. The van der Waals surface area contributed by atoms with Gasteiger partial charge in [-0.25, -0.2) is 8.42 Å². The molecule has 5 heteroatoms. The van der Waals surface area contributed by atoms with Gasteiger partial charge in [0.15, 0.2) is 0 Å². The first-order valence-electron chi connectivity index (χ1n) is 12.3. The summed E-state index contributed by atoms with van der Waals surface area (Å²) in [6.07, 6.45) is 0. The molecule has 0 bridgehead atoms. The van der Waals surface area contributed by atoms with Crippen LogP contribution in [0.5, 0.6) is 11.5 Å². The predicted octanol–water partition coefficient (Wildman–Crippen LogP) is 7.97. The maximum Gasteiger partial charge on any atom is 0.207 e. The third-order valence-corrected chi connectivity index (χ3v) is 8.97. The Morgan fingerprint density at radius 3 is 2.00 bits per heavy atom. The number of hydrogen-bond acceptors (Lipinski definition) is 4. The van der Waals surface area contributed by atoms with Crippen LogP contribution in [0.4, 0.5) is 0 Å². The summed E-state index contributed by atoms with van der Waals surface area (Å²) in [7, 11) is -0.641. The van der Waals surface area contributed by atoms with Crippen molar-refractivity contribution in [1.29, 1.82) is 0 Å². The smallest absolute Gasteiger partial charge is 0.207 e. The second kappa shape index (κ2) is 9.19. The number of fused-ring (bicyclic) bond motifs is 3. The van der Waals surface area contributed by atoms with Crippen LogP contribution in [0, 0.1) is 6.92 Å². The van der Waals surface area contributed by atoms with Gasteiger partial charge < -0.3 is 9.47 Å². The van der Waals surface area contributed by atoms with Crippen molar-refractivity contribution in [3.8, 4) is 22.6 Å². The lowest BCUT2D eigenvalue weighted by Gasteiger charge is -2.20. The minimum Gasteiger partial charge on any atom is -0.497 e. The van der Waals surface area contributed by atoms with Crippen LogP contribution in [0.3, 0.4) is 0 Å². The molecule has 0 unspecified atom stereocenters. The lowest BCUT2D eigenvalue weighted by molar-refractivity contribution is 0.415. The molecule has 188 valence electrons. The Morgan fingerprint density at radius 1 is 0.632 bits per heavy atom. The molecule has 0 aromatic heterocycles. The zero-order valence-electron chi connectivity index (χ0n) is 21.4. The van der Waals surface area contributed by atoms with Gasteiger partial charge in [0.2, 0.25) is 9.84 Å². The highest BCUT2D eigenvalue weighted by Crippen LogP contribution is 2.47. The normalized spacial score (nSPS) is 11.8. The van der Waals surface area contributed by atoms with Crippen LogP contribution in [-0.4, -0.2) is 22.6 Å². The van der Waals surface area contributed by atoms with E-state index in [1.807, 2.05) is 91.9 Å². The summed E-state index contributed by atoms with van der Waals surface area (Å²) >= 11 is 0. The lowest BCUT2D eigenvalue weighted by Crippen LogP contribution is -2.05. The molecule has 0 amide bonds. The van der Waals surface area contributed by atoms with E-state index < -0.39 is 9.84 Å². The van der Waals surface area contributed by atoms with E-state index in [2.05, 4.69) is 6.07 Å². The van der Waals surface area contributed by atoms with E-state index in [1.54, 1.807) is 26.4 Å². The number of methoxy groups -OCH3 is 2. The van der Waals surface area contributed by atoms with E-state index in [-0.39, 0.29) is 9.79 Å². The minimum atomic E-state index is -3.89. The predicted molar refractivity (Wildman–Crippen MR) is 154 cm³/mol. The molecule has 0 spiro atoms. The van der Waals surface area contributed by atoms with E-state index in [9.17, 15) is 8.42 Å². The molecule has 0 radical (unpaired) electrons. The van der Waals surface area contributed by atoms with E-state index in [1.165, 1.54) is 0 Å². The highest BCUT2D eigenvalue weighted by Gasteiger charge is 2.28. The molecule has 0 saturated carbocycles. The van der Waals surface area contributed by atoms with E-state index in [4.69, 9.17) is 9.47 Å². The zero-order valence-corrected chi connectivity index (χ0v) is 22.2. The van der Waals surface area contributed by atoms with Gasteiger partial charge in [-0.2, -0.15) is 0 Å². The monoisotopic (exact) mass is 518 g/mol. The fraction of sp³-hybridized carbons (Fsp3) is 0.0909. The Labute approximate surface area is 222 Å². The number of benzene rings is 6. The lowest BCUT2D eigenvalue weighted by atomic mass is 9.90. The van der Waals surface area contributed by atoms with Crippen molar-refractivity contribution >= 4 is 42.2 Å². The number of aryl methyl sites for hydroxylation is 1. The zero-order chi connectivity index (χ0) is 26.4. The van der Waals surface area contributed by atoms with Gasteiger partial charge in [0.25, 0.3) is 0 Å². The Balaban J connectivity index is 1.88. The van der Waals surface area contributed by atoms with Crippen LogP contribution >= 0.6 is 0 Å². The summed E-state index contributed by atoms with van der Waals surface area (Å²) in [5, 5.41) is 4.86. The summed E-state index contributed by atoms with van der Waals surface area (Å²) < 4.78 is 40.2. The second-order valence-corrected chi connectivity index (χ2v) is 11.3.